The summed E-state index contributed by atoms with van der Waals surface area (Å²) < 4.78 is 6.57. The average molecular weight is 382 g/mol. The summed E-state index contributed by atoms with van der Waals surface area (Å²) in [6, 6.07) is 12.6. The topological polar surface area (TPSA) is 92.9 Å². The first kappa shape index (κ1) is 18.3. The van der Waals surface area contributed by atoms with Gasteiger partial charge in [0.2, 0.25) is 0 Å². The number of hydrogen-bond acceptors (Lipinski definition) is 5. The Morgan fingerprint density at radius 1 is 1.21 bits per heavy atom. The molecule has 0 bridgehead atoms. The van der Waals surface area contributed by atoms with Crippen molar-refractivity contribution < 1.29 is 19.6 Å². The minimum Gasteiger partial charge on any atom is -0.481 e. The maximum atomic E-state index is 11.3. The molecule has 2 heterocycles. The Balaban J connectivity index is 1.80. The summed E-state index contributed by atoms with van der Waals surface area (Å²) in [4.78, 5) is 24.1. The SMILES string of the molecule is CC1(C)Cc2cc([N+](=O)[O-])ccc2OC12Cc1ccccc1N2CCC(=O)O. The van der Waals surface area contributed by atoms with Gasteiger partial charge in [-0.1, -0.05) is 32.0 Å². The number of hydrogen-bond donors (Lipinski definition) is 1. The van der Waals surface area contributed by atoms with Gasteiger partial charge in [0.25, 0.3) is 5.69 Å². The fourth-order valence-electron chi connectivity index (χ4n) is 4.53. The summed E-state index contributed by atoms with van der Waals surface area (Å²) in [7, 11) is 0. The normalized spacial score (nSPS) is 21.7. The van der Waals surface area contributed by atoms with Crippen LogP contribution in [0.2, 0.25) is 0 Å². The lowest BCUT2D eigenvalue weighted by molar-refractivity contribution is -0.385. The standard InChI is InChI=1S/C21H22N2O5/c1-20(2)12-15-11-16(23(26)27)7-8-18(15)28-21(20)13-14-5-3-4-6-17(14)22(21)10-9-19(24)25/h3-8,11H,9-10,12-13H2,1-2H3,(H,24,25). The second-order valence-corrected chi connectivity index (χ2v) is 8.10. The number of rotatable bonds is 4. The van der Waals surface area contributed by atoms with Gasteiger partial charge < -0.3 is 14.7 Å². The van der Waals surface area contributed by atoms with E-state index in [2.05, 4.69) is 18.7 Å². The molecule has 1 spiro atoms. The van der Waals surface area contributed by atoms with E-state index in [1.807, 2.05) is 24.3 Å². The first-order valence-electron chi connectivity index (χ1n) is 9.27. The van der Waals surface area contributed by atoms with Crippen LogP contribution in [0.5, 0.6) is 5.75 Å². The van der Waals surface area contributed by atoms with Gasteiger partial charge in [0.15, 0.2) is 5.72 Å². The number of aliphatic carboxylic acids is 1. The molecule has 7 nitrogen and oxygen atoms in total. The van der Waals surface area contributed by atoms with Crippen molar-refractivity contribution >= 4 is 17.3 Å². The number of carbonyl (C=O) groups is 1. The summed E-state index contributed by atoms with van der Waals surface area (Å²) in [6.45, 7) is 4.49. The Hall–Kier alpha value is -3.09. The molecule has 2 aliphatic rings. The molecule has 1 atom stereocenters. The van der Waals surface area contributed by atoms with Crippen molar-refractivity contribution in [1.29, 1.82) is 0 Å². The van der Waals surface area contributed by atoms with E-state index in [1.165, 1.54) is 6.07 Å². The Morgan fingerprint density at radius 2 is 1.96 bits per heavy atom. The first-order valence-corrected chi connectivity index (χ1v) is 9.27. The summed E-state index contributed by atoms with van der Waals surface area (Å²) in [5, 5.41) is 20.4. The predicted molar refractivity (Wildman–Crippen MR) is 104 cm³/mol. The van der Waals surface area contributed by atoms with Crippen LogP contribution in [0.25, 0.3) is 0 Å². The van der Waals surface area contributed by atoms with Crippen molar-refractivity contribution in [3.05, 3.63) is 63.7 Å². The number of carboxylic acids is 1. The van der Waals surface area contributed by atoms with Crippen LogP contribution < -0.4 is 9.64 Å². The monoisotopic (exact) mass is 382 g/mol. The fraction of sp³-hybridized carbons (Fsp3) is 0.381. The van der Waals surface area contributed by atoms with Gasteiger partial charge in [-0.15, -0.1) is 0 Å². The minimum atomic E-state index is -0.857. The number of nitro benzene ring substituents is 1. The largest absolute Gasteiger partial charge is 0.481 e. The molecule has 0 fully saturated rings. The van der Waals surface area contributed by atoms with E-state index in [4.69, 9.17) is 4.74 Å². The van der Waals surface area contributed by atoms with Gasteiger partial charge in [0.1, 0.15) is 5.75 Å². The van der Waals surface area contributed by atoms with E-state index < -0.39 is 22.0 Å². The van der Waals surface area contributed by atoms with Crippen LogP contribution in [-0.4, -0.2) is 28.3 Å². The van der Waals surface area contributed by atoms with E-state index in [-0.39, 0.29) is 12.1 Å². The maximum Gasteiger partial charge on any atom is 0.305 e. The number of non-ortho nitro benzene ring substituents is 1. The quantitative estimate of drug-likeness (QED) is 0.639. The fourth-order valence-corrected chi connectivity index (χ4v) is 4.53. The van der Waals surface area contributed by atoms with E-state index >= 15 is 0 Å². The van der Waals surface area contributed by atoms with E-state index in [9.17, 15) is 20.0 Å². The Morgan fingerprint density at radius 3 is 2.68 bits per heavy atom. The molecule has 0 amide bonds. The zero-order chi connectivity index (χ0) is 20.1. The average Bonchev–Trinajstić information content (AvgIpc) is 2.94. The highest BCUT2D eigenvalue weighted by Crippen LogP contribution is 2.54. The number of carboxylic acid groups (broad SMARTS) is 1. The van der Waals surface area contributed by atoms with E-state index in [0.29, 0.717) is 25.1 Å². The summed E-state index contributed by atoms with van der Waals surface area (Å²) in [5.74, 6) is -0.234. The number of anilines is 1. The lowest BCUT2D eigenvalue weighted by Crippen LogP contribution is -2.64. The molecule has 0 radical (unpaired) electrons. The molecule has 28 heavy (non-hydrogen) atoms. The number of benzene rings is 2. The van der Waals surface area contributed by atoms with Gasteiger partial charge in [-0.25, -0.2) is 0 Å². The number of nitro groups is 1. The Kier molecular flexibility index (Phi) is 4.06. The van der Waals surface area contributed by atoms with E-state index in [0.717, 1.165) is 16.8 Å². The van der Waals surface area contributed by atoms with Crippen LogP contribution >= 0.6 is 0 Å². The molecule has 2 aromatic carbocycles. The van der Waals surface area contributed by atoms with Crippen LogP contribution in [0.15, 0.2) is 42.5 Å². The maximum absolute atomic E-state index is 11.3. The van der Waals surface area contributed by atoms with Crippen LogP contribution in [0.3, 0.4) is 0 Å². The predicted octanol–water partition coefficient (Wildman–Crippen LogP) is 3.79. The second-order valence-electron chi connectivity index (χ2n) is 8.10. The van der Waals surface area contributed by atoms with Gasteiger partial charge in [-0.2, -0.15) is 0 Å². The third-order valence-corrected chi connectivity index (χ3v) is 5.92. The summed E-state index contributed by atoms with van der Waals surface area (Å²) in [5.41, 5.74) is 1.82. The van der Waals surface area contributed by atoms with Crippen molar-refractivity contribution in [3.8, 4) is 5.75 Å². The molecule has 1 N–H and O–H groups in total. The van der Waals surface area contributed by atoms with Gasteiger partial charge in [-0.05, 0) is 24.1 Å². The van der Waals surface area contributed by atoms with Crippen molar-refractivity contribution in [2.45, 2.75) is 38.8 Å². The zero-order valence-electron chi connectivity index (χ0n) is 15.8. The second kappa shape index (κ2) is 6.22. The molecule has 2 aromatic rings. The van der Waals surface area contributed by atoms with Crippen molar-refractivity contribution in [3.63, 3.8) is 0 Å². The van der Waals surface area contributed by atoms with Crippen molar-refractivity contribution in [2.24, 2.45) is 5.41 Å². The molecule has 2 aliphatic heterocycles. The Bertz CT molecular complexity index is 971. The summed E-state index contributed by atoms with van der Waals surface area (Å²) >= 11 is 0. The smallest absolute Gasteiger partial charge is 0.305 e. The van der Waals surface area contributed by atoms with Crippen LogP contribution in [0.1, 0.15) is 31.4 Å². The molecule has 146 valence electrons. The molecule has 4 rings (SSSR count). The number of nitrogens with zero attached hydrogens (tertiary/aromatic N) is 2. The molecule has 0 aliphatic carbocycles. The highest BCUT2D eigenvalue weighted by molar-refractivity contribution is 5.69. The van der Waals surface area contributed by atoms with Gasteiger partial charge in [-0.3, -0.25) is 14.9 Å². The number of fused-ring (bicyclic) bond motifs is 2. The molecule has 7 heteroatoms. The minimum absolute atomic E-state index is 0.00262. The molecular weight excluding hydrogens is 360 g/mol. The lowest BCUT2D eigenvalue weighted by Gasteiger charge is -2.53. The highest BCUT2D eigenvalue weighted by Gasteiger charge is 2.58. The molecule has 0 saturated heterocycles. The van der Waals surface area contributed by atoms with Gasteiger partial charge in [0, 0.05) is 41.8 Å². The number of para-hydroxylation sites is 1. The zero-order valence-corrected chi connectivity index (χ0v) is 15.8. The lowest BCUT2D eigenvalue weighted by atomic mass is 9.72. The van der Waals surface area contributed by atoms with Gasteiger partial charge >= 0.3 is 5.97 Å². The van der Waals surface area contributed by atoms with Gasteiger partial charge in [0.05, 0.1) is 11.3 Å². The number of ether oxygens (including phenoxy) is 1. The third kappa shape index (κ3) is 2.69. The van der Waals surface area contributed by atoms with Crippen LogP contribution in [0, 0.1) is 15.5 Å². The van der Waals surface area contributed by atoms with Crippen LogP contribution in [0.4, 0.5) is 11.4 Å². The molecule has 0 aromatic heterocycles. The van der Waals surface area contributed by atoms with Crippen molar-refractivity contribution in [1.82, 2.24) is 0 Å². The molecule has 0 saturated carbocycles. The van der Waals surface area contributed by atoms with Crippen LogP contribution in [-0.2, 0) is 17.6 Å². The highest BCUT2D eigenvalue weighted by atomic mass is 16.6. The molecular formula is C21H22N2O5. The Labute approximate surface area is 162 Å². The first-order chi connectivity index (χ1) is 13.2. The van der Waals surface area contributed by atoms with E-state index in [1.54, 1.807) is 12.1 Å². The third-order valence-electron chi connectivity index (χ3n) is 5.92. The molecule has 1 unspecified atom stereocenters. The van der Waals surface area contributed by atoms with Crippen molar-refractivity contribution in [2.75, 3.05) is 11.4 Å². The summed E-state index contributed by atoms with van der Waals surface area (Å²) in [6.07, 6.45) is 1.23.